The van der Waals surface area contributed by atoms with Crippen molar-refractivity contribution in [2.75, 3.05) is 5.32 Å². The summed E-state index contributed by atoms with van der Waals surface area (Å²) in [5.41, 5.74) is 2.03. The second kappa shape index (κ2) is 8.21. The second-order valence-corrected chi connectivity index (χ2v) is 6.23. The van der Waals surface area contributed by atoms with Gasteiger partial charge in [-0.15, -0.1) is 0 Å². The fraction of sp³-hybridized carbons (Fsp3) is 0. The van der Waals surface area contributed by atoms with Crippen LogP contribution in [0.1, 0.15) is 0 Å². The number of benzene rings is 3. The van der Waals surface area contributed by atoms with Crippen LogP contribution in [0.3, 0.4) is 0 Å². The molecule has 140 valence electrons. The Bertz CT molecular complexity index is 1170. The van der Waals surface area contributed by atoms with E-state index < -0.39 is 4.92 Å². The van der Waals surface area contributed by atoms with Crippen LogP contribution >= 0.6 is 11.6 Å². The fourth-order valence-corrected chi connectivity index (χ4v) is 2.99. The molecule has 0 aliphatic heterocycles. The van der Waals surface area contributed by atoms with Gasteiger partial charge in [0.1, 0.15) is 5.82 Å². The molecule has 3 aromatic carbocycles. The zero-order valence-corrected chi connectivity index (χ0v) is 15.9. The van der Waals surface area contributed by atoms with Crippen LogP contribution in [0.25, 0.3) is 22.3 Å². The molecule has 0 spiro atoms. The van der Waals surface area contributed by atoms with E-state index >= 15 is 0 Å². The van der Waals surface area contributed by atoms with Gasteiger partial charge in [-0.25, -0.2) is 9.97 Å². The summed E-state index contributed by atoms with van der Waals surface area (Å²) < 4.78 is 0. The predicted molar refractivity (Wildman–Crippen MR) is 106 cm³/mol. The van der Waals surface area contributed by atoms with Crippen LogP contribution in [0.4, 0.5) is 17.2 Å². The topological polar surface area (TPSA) is 81.0 Å². The normalized spacial score (nSPS) is 10.3. The van der Waals surface area contributed by atoms with Crippen LogP contribution in [0, 0.1) is 10.1 Å². The van der Waals surface area contributed by atoms with E-state index in [0.29, 0.717) is 27.9 Å². The van der Waals surface area contributed by atoms with Gasteiger partial charge in [0.15, 0.2) is 5.82 Å². The standard InChI is InChI=1S/C20H13ClN4O2.ClH/c21-17-10-3-1-8-15(17)19-23-18-11-4-2-9-16(18)20(24-19)22-13-6-5-7-14(12-13)25(26)27;/h1-12H,(H,22,23,24);1H/p-1. The van der Waals surface area contributed by atoms with Gasteiger partial charge >= 0.3 is 0 Å². The molecule has 0 amide bonds. The van der Waals surface area contributed by atoms with Crippen molar-refractivity contribution in [1.82, 2.24) is 9.97 Å². The van der Waals surface area contributed by atoms with Gasteiger partial charge in [-0.3, -0.25) is 10.1 Å². The van der Waals surface area contributed by atoms with Crippen molar-refractivity contribution in [3.05, 3.63) is 87.9 Å². The van der Waals surface area contributed by atoms with Gasteiger partial charge < -0.3 is 17.7 Å². The molecule has 1 aromatic heterocycles. The van der Waals surface area contributed by atoms with E-state index in [4.69, 9.17) is 11.6 Å². The number of nitro benzene ring substituents is 1. The highest BCUT2D eigenvalue weighted by Crippen LogP contribution is 2.31. The molecule has 0 saturated carbocycles. The number of nitrogens with one attached hydrogen (secondary N) is 1. The van der Waals surface area contributed by atoms with Gasteiger partial charge in [0.2, 0.25) is 0 Å². The average Bonchev–Trinajstić information content (AvgIpc) is 2.68. The first-order chi connectivity index (χ1) is 13.1. The lowest BCUT2D eigenvalue weighted by atomic mass is 10.1. The van der Waals surface area contributed by atoms with Crippen LogP contribution in [0.2, 0.25) is 5.02 Å². The number of rotatable bonds is 4. The summed E-state index contributed by atoms with van der Waals surface area (Å²) >= 11 is 6.30. The third-order valence-electron chi connectivity index (χ3n) is 4.04. The minimum absolute atomic E-state index is 0. The molecule has 0 bridgehead atoms. The molecule has 6 nitrogen and oxygen atoms in total. The number of nitro groups is 1. The molecule has 4 rings (SSSR count). The third-order valence-corrected chi connectivity index (χ3v) is 4.37. The first-order valence-electron chi connectivity index (χ1n) is 8.15. The summed E-state index contributed by atoms with van der Waals surface area (Å²) in [6.45, 7) is 0. The van der Waals surface area contributed by atoms with Crippen molar-refractivity contribution in [2.45, 2.75) is 0 Å². The Labute approximate surface area is 171 Å². The number of fused-ring (bicyclic) bond motifs is 1. The molecule has 0 aliphatic rings. The van der Waals surface area contributed by atoms with Gasteiger partial charge in [-0.2, -0.15) is 0 Å². The quantitative estimate of drug-likeness (QED) is 0.412. The molecule has 0 aliphatic carbocycles. The summed E-state index contributed by atoms with van der Waals surface area (Å²) in [4.78, 5) is 19.8. The first kappa shape index (κ1) is 19.5. The van der Waals surface area contributed by atoms with Crippen molar-refractivity contribution in [3.63, 3.8) is 0 Å². The number of hydrogen-bond donors (Lipinski definition) is 1. The third kappa shape index (κ3) is 3.88. The molecule has 4 aromatic rings. The molecule has 0 radical (unpaired) electrons. The number of para-hydroxylation sites is 1. The highest BCUT2D eigenvalue weighted by Gasteiger charge is 2.13. The molecule has 0 unspecified atom stereocenters. The van der Waals surface area contributed by atoms with Gasteiger partial charge in [0.05, 0.1) is 15.5 Å². The Kier molecular flexibility index (Phi) is 5.73. The van der Waals surface area contributed by atoms with Crippen molar-refractivity contribution in [3.8, 4) is 11.4 Å². The van der Waals surface area contributed by atoms with Crippen LogP contribution in [0.15, 0.2) is 72.8 Å². The highest BCUT2D eigenvalue weighted by molar-refractivity contribution is 6.33. The Morgan fingerprint density at radius 2 is 1.68 bits per heavy atom. The van der Waals surface area contributed by atoms with E-state index in [9.17, 15) is 10.1 Å². The van der Waals surface area contributed by atoms with E-state index in [0.717, 1.165) is 10.9 Å². The Morgan fingerprint density at radius 1 is 0.929 bits per heavy atom. The van der Waals surface area contributed by atoms with Crippen molar-refractivity contribution < 1.29 is 17.3 Å². The molecule has 0 atom stereocenters. The van der Waals surface area contributed by atoms with E-state index in [2.05, 4.69) is 15.3 Å². The lowest BCUT2D eigenvalue weighted by Gasteiger charge is -2.11. The van der Waals surface area contributed by atoms with Gasteiger partial charge in [0.25, 0.3) is 5.69 Å². The Balaban J connectivity index is 0.00000225. The maximum atomic E-state index is 11.0. The number of nitrogens with zero attached hydrogens (tertiary/aromatic N) is 3. The molecule has 0 saturated heterocycles. The van der Waals surface area contributed by atoms with Gasteiger partial charge in [-0.05, 0) is 30.3 Å². The van der Waals surface area contributed by atoms with Crippen LogP contribution < -0.4 is 17.7 Å². The first-order valence-corrected chi connectivity index (χ1v) is 8.53. The number of aromatic nitrogens is 2. The highest BCUT2D eigenvalue weighted by atomic mass is 35.5. The molecule has 0 fully saturated rings. The molecule has 8 heteroatoms. The molecule has 28 heavy (non-hydrogen) atoms. The minimum Gasteiger partial charge on any atom is -1.00 e. The lowest BCUT2D eigenvalue weighted by molar-refractivity contribution is -0.384. The zero-order valence-electron chi connectivity index (χ0n) is 14.3. The SMILES string of the molecule is O=[N+]([O-])c1cccc(Nc2nc(-c3ccccc3Cl)nc3ccccc23)c1.[Cl-]. The summed E-state index contributed by atoms with van der Waals surface area (Å²) in [5, 5.41) is 15.6. The van der Waals surface area contributed by atoms with E-state index in [1.165, 1.54) is 12.1 Å². The summed E-state index contributed by atoms with van der Waals surface area (Å²) in [6, 6.07) is 21.2. The Morgan fingerprint density at radius 3 is 2.46 bits per heavy atom. The molecule has 1 N–H and O–H groups in total. The predicted octanol–water partition coefficient (Wildman–Crippen LogP) is 2.61. The van der Waals surface area contributed by atoms with Crippen LogP contribution in [-0.4, -0.2) is 14.9 Å². The molecular formula is C20H13Cl2N4O2-. The lowest BCUT2D eigenvalue weighted by Crippen LogP contribution is -3.00. The Hall–Kier alpha value is -3.22. The van der Waals surface area contributed by atoms with Gasteiger partial charge in [-0.1, -0.05) is 41.9 Å². The summed E-state index contributed by atoms with van der Waals surface area (Å²) in [6.07, 6.45) is 0. The maximum absolute atomic E-state index is 11.0. The van der Waals surface area contributed by atoms with Gasteiger partial charge in [0, 0.05) is 28.8 Å². The molecule has 1 heterocycles. The maximum Gasteiger partial charge on any atom is 0.271 e. The minimum atomic E-state index is -0.432. The van der Waals surface area contributed by atoms with Crippen molar-refractivity contribution in [2.24, 2.45) is 0 Å². The zero-order chi connectivity index (χ0) is 18.8. The summed E-state index contributed by atoms with van der Waals surface area (Å²) in [5.74, 6) is 1.03. The smallest absolute Gasteiger partial charge is 0.271 e. The van der Waals surface area contributed by atoms with E-state index in [-0.39, 0.29) is 18.1 Å². The molecular weight excluding hydrogens is 399 g/mol. The van der Waals surface area contributed by atoms with Crippen molar-refractivity contribution >= 4 is 39.7 Å². The van der Waals surface area contributed by atoms with E-state index in [1.54, 1.807) is 18.2 Å². The summed E-state index contributed by atoms with van der Waals surface area (Å²) in [7, 11) is 0. The second-order valence-electron chi connectivity index (χ2n) is 5.83. The number of anilines is 2. The number of halogens is 2. The van der Waals surface area contributed by atoms with Crippen LogP contribution in [-0.2, 0) is 0 Å². The van der Waals surface area contributed by atoms with Crippen molar-refractivity contribution in [1.29, 1.82) is 0 Å². The largest absolute Gasteiger partial charge is 1.00 e. The van der Waals surface area contributed by atoms with E-state index in [1.807, 2.05) is 42.5 Å². The number of hydrogen-bond acceptors (Lipinski definition) is 5. The number of non-ortho nitro benzene ring substituents is 1. The average molecular weight is 412 g/mol. The monoisotopic (exact) mass is 411 g/mol. The fourth-order valence-electron chi connectivity index (χ4n) is 2.77. The van der Waals surface area contributed by atoms with Crippen LogP contribution in [0.5, 0.6) is 0 Å².